The van der Waals surface area contributed by atoms with E-state index >= 15 is 0 Å². The fourth-order valence-electron chi connectivity index (χ4n) is 1.30. The fraction of sp³-hybridized carbons (Fsp3) is 0.300. The Morgan fingerprint density at radius 1 is 1.59 bits per heavy atom. The van der Waals surface area contributed by atoms with Crippen LogP contribution in [0.1, 0.15) is 5.56 Å². The molecule has 0 radical (unpaired) electrons. The highest BCUT2D eigenvalue weighted by atomic mass is 16.6. The zero-order chi connectivity index (χ0) is 12.8. The van der Waals surface area contributed by atoms with Crippen LogP contribution in [0.4, 0.5) is 5.69 Å². The van der Waals surface area contributed by atoms with E-state index in [1.54, 1.807) is 6.07 Å². The summed E-state index contributed by atoms with van der Waals surface area (Å²) < 4.78 is 4.85. The van der Waals surface area contributed by atoms with Crippen molar-refractivity contribution >= 4 is 11.7 Å². The van der Waals surface area contributed by atoms with E-state index in [0.717, 1.165) is 0 Å². The third-order valence-corrected chi connectivity index (χ3v) is 2.05. The number of carboxylic acids is 1. The van der Waals surface area contributed by atoms with Crippen LogP contribution in [0, 0.1) is 10.1 Å². The van der Waals surface area contributed by atoms with Gasteiger partial charge in [0, 0.05) is 12.6 Å². The Morgan fingerprint density at radius 3 is 2.82 bits per heavy atom. The lowest BCUT2D eigenvalue weighted by Crippen LogP contribution is -2.21. The molecule has 0 fully saturated rings. The van der Waals surface area contributed by atoms with Crippen molar-refractivity contribution in [1.82, 2.24) is 5.32 Å². The quantitative estimate of drug-likeness (QED) is 0.562. The van der Waals surface area contributed by atoms with Crippen molar-refractivity contribution < 1.29 is 19.6 Å². The van der Waals surface area contributed by atoms with E-state index in [2.05, 4.69) is 5.32 Å². The molecule has 0 aromatic heterocycles. The van der Waals surface area contributed by atoms with Gasteiger partial charge >= 0.3 is 11.7 Å². The molecule has 17 heavy (non-hydrogen) atoms. The Balaban J connectivity index is 2.78. The van der Waals surface area contributed by atoms with Crippen LogP contribution >= 0.6 is 0 Å². The highest BCUT2D eigenvalue weighted by Gasteiger charge is 2.14. The van der Waals surface area contributed by atoms with Gasteiger partial charge in [-0.05, 0) is 11.6 Å². The lowest BCUT2D eigenvalue weighted by Gasteiger charge is -2.05. The number of nitro groups is 1. The van der Waals surface area contributed by atoms with Gasteiger partial charge in [-0.15, -0.1) is 0 Å². The van der Waals surface area contributed by atoms with E-state index in [1.807, 2.05) is 0 Å². The largest absolute Gasteiger partial charge is 0.490 e. The smallest absolute Gasteiger partial charge is 0.317 e. The molecule has 1 aromatic rings. The van der Waals surface area contributed by atoms with Crippen LogP contribution in [0.2, 0.25) is 0 Å². The number of carbonyl (C=O) groups is 1. The summed E-state index contributed by atoms with van der Waals surface area (Å²) in [6, 6.07) is 4.48. The summed E-state index contributed by atoms with van der Waals surface area (Å²) in [7, 11) is 1.35. The maximum Gasteiger partial charge on any atom is 0.317 e. The Morgan fingerprint density at radius 2 is 2.29 bits per heavy atom. The van der Waals surface area contributed by atoms with Gasteiger partial charge in [0.1, 0.15) is 0 Å². The molecule has 7 nitrogen and oxygen atoms in total. The number of hydrogen-bond acceptors (Lipinski definition) is 5. The Labute approximate surface area is 97.2 Å². The van der Waals surface area contributed by atoms with E-state index in [-0.39, 0.29) is 24.5 Å². The predicted molar refractivity (Wildman–Crippen MR) is 59.0 cm³/mol. The Kier molecular flexibility index (Phi) is 4.41. The third kappa shape index (κ3) is 3.72. The first-order valence-electron chi connectivity index (χ1n) is 4.78. The number of methoxy groups -OCH3 is 1. The van der Waals surface area contributed by atoms with Gasteiger partial charge in [0.25, 0.3) is 0 Å². The van der Waals surface area contributed by atoms with Crippen LogP contribution in [0.5, 0.6) is 5.75 Å². The second-order valence-electron chi connectivity index (χ2n) is 3.26. The Hall–Kier alpha value is -2.15. The number of nitrogens with one attached hydrogen (secondary N) is 1. The van der Waals surface area contributed by atoms with E-state index in [1.165, 1.54) is 19.2 Å². The van der Waals surface area contributed by atoms with E-state index < -0.39 is 10.9 Å². The average molecular weight is 240 g/mol. The van der Waals surface area contributed by atoms with Gasteiger partial charge in [-0.1, -0.05) is 6.07 Å². The van der Waals surface area contributed by atoms with Gasteiger partial charge in [0.05, 0.1) is 18.6 Å². The monoisotopic (exact) mass is 240 g/mol. The summed E-state index contributed by atoms with van der Waals surface area (Å²) in [4.78, 5) is 20.5. The molecule has 0 heterocycles. The van der Waals surface area contributed by atoms with Crippen molar-refractivity contribution in [3.05, 3.63) is 33.9 Å². The molecule has 7 heteroatoms. The van der Waals surface area contributed by atoms with Crippen molar-refractivity contribution in [2.24, 2.45) is 0 Å². The molecule has 0 bridgehead atoms. The van der Waals surface area contributed by atoms with E-state index in [9.17, 15) is 14.9 Å². The first-order valence-corrected chi connectivity index (χ1v) is 4.78. The maximum absolute atomic E-state index is 10.7. The summed E-state index contributed by atoms with van der Waals surface area (Å²) >= 11 is 0. The molecule has 1 rings (SSSR count). The van der Waals surface area contributed by atoms with Gasteiger partial charge in [-0.3, -0.25) is 14.9 Å². The van der Waals surface area contributed by atoms with E-state index in [0.29, 0.717) is 5.56 Å². The molecule has 0 saturated carbocycles. The minimum Gasteiger partial charge on any atom is -0.490 e. The van der Waals surface area contributed by atoms with Crippen molar-refractivity contribution in [1.29, 1.82) is 0 Å². The predicted octanol–water partition coefficient (Wildman–Crippen LogP) is 0.778. The zero-order valence-electron chi connectivity index (χ0n) is 9.17. The summed E-state index contributed by atoms with van der Waals surface area (Å²) in [5.74, 6) is -0.801. The van der Waals surface area contributed by atoms with Crippen LogP contribution in [0.25, 0.3) is 0 Å². The lowest BCUT2D eigenvalue weighted by atomic mass is 10.2. The van der Waals surface area contributed by atoms with Crippen molar-refractivity contribution in [3.63, 3.8) is 0 Å². The number of rotatable bonds is 6. The second kappa shape index (κ2) is 5.80. The normalized spacial score (nSPS) is 9.94. The standard InChI is InChI=1S/C10H12N2O5/c1-17-9-3-2-7(4-8(9)12(15)16)5-11-6-10(13)14/h2-4,11H,5-6H2,1H3,(H,13,14). The topological polar surface area (TPSA) is 102 Å². The van der Waals surface area contributed by atoms with Crippen LogP contribution in [0.3, 0.4) is 0 Å². The summed E-state index contributed by atoms with van der Waals surface area (Å²) in [6.07, 6.45) is 0. The van der Waals surface area contributed by atoms with Crippen molar-refractivity contribution in [2.45, 2.75) is 6.54 Å². The molecule has 92 valence electrons. The molecule has 0 aliphatic rings. The number of nitro benzene ring substituents is 1. The molecule has 0 saturated heterocycles. The third-order valence-electron chi connectivity index (χ3n) is 2.05. The lowest BCUT2D eigenvalue weighted by molar-refractivity contribution is -0.385. The molecule has 1 aromatic carbocycles. The highest BCUT2D eigenvalue weighted by Crippen LogP contribution is 2.27. The minimum absolute atomic E-state index is 0.137. The number of ether oxygens (including phenoxy) is 1. The second-order valence-corrected chi connectivity index (χ2v) is 3.26. The van der Waals surface area contributed by atoms with Crippen LogP contribution < -0.4 is 10.1 Å². The molecular formula is C10H12N2O5. The van der Waals surface area contributed by atoms with Crippen LogP contribution in [-0.2, 0) is 11.3 Å². The van der Waals surface area contributed by atoms with Crippen molar-refractivity contribution in [2.75, 3.05) is 13.7 Å². The SMILES string of the molecule is COc1ccc(CNCC(=O)O)cc1[N+](=O)[O-]. The number of hydrogen-bond donors (Lipinski definition) is 2. The Bertz CT molecular complexity index is 433. The molecule has 0 atom stereocenters. The van der Waals surface area contributed by atoms with Gasteiger partial charge in [-0.2, -0.15) is 0 Å². The first-order chi connectivity index (χ1) is 8.04. The summed E-state index contributed by atoms with van der Waals surface area (Å²) in [5, 5.41) is 21.8. The molecule has 0 aliphatic heterocycles. The summed E-state index contributed by atoms with van der Waals surface area (Å²) in [5.41, 5.74) is 0.487. The maximum atomic E-state index is 10.7. The van der Waals surface area contributed by atoms with Gasteiger partial charge in [0.15, 0.2) is 5.75 Å². The van der Waals surface area contributed by atoms with E-state index in [4.69, 9.17) is 9.84 Å². The molecular weight excluding hydrogens is 228 g/mol. The minimum atomic E-state index is -0.979. The number of benzene rings is 1. The summed E-state index contributed by atoms with van der Waals surface area (Å²) in [6.45, 7) is 0.0525. The molecule has 2 N–H and O–H groups in total. The zero-order valence-corrected chi connectivity index (χ0v) is 9.17. The fourth-order valence-corrected chi connectivity index (χ4v) is 1.30. The molecule has 0 aliphatic carbocycles. The average Bonchev–Trinajstić information content (AvgIpc) is 2.28. The number of nitrogens with zero attached hydrogens (tertiary/aromatic N) is 1. The first kappa shape index (κ1) is 12.9. The van der Waals surface area contributed by atoms with Gasteiger partial charge < -0.3 is 15.2 Å². The number of carboxylic acid groups (broad SMARTS) is 1. The van der Waals surface area contributed by atoms with Crippen molar-refractivity contribution in [3.8, 4) is 5.75 Å². The van der Waals surface area contributed by atoms with Crippen LogP contribution in [-0.4, -0.2) is 29.7 Å². The number of aliphatic carboxylic acids is 1. The molecule has 0 spiro atoms. The van der Waals surface area contributed by atoms with Gasteiger partial charge in [0.2, 0.25) is 0 Å². The van der Waals surface area contributed by atoms with Gasteiger partial charge in [-0.25, -0.2) is 0 Å². The highest BCUT2D eigenvalue weighted by molar-refractivity contribution is 5.69. The van der Waals surface area contributed by atoms with Crippen LogP contribution in [0.15, 0.2) is 18.2 Å². The molecule has 0 amide bonds. The molecule has 0 unspecified atom stereocenters.